The number of thiophene rings is 1. The first-order valence-electron chi connectivity index (χ1n) is 7.65. The number of hydrogen-bond donors (Lipinski definition) is 1. The van der Waals surface area contributed by atoms with E-state index in [-0.39, 0.29) is 5.91 Å². The minimum atomic E-state index is -0.446. The van der Waals surface area contributed by atoms with Crippen LogP contribution in [-0.2, 0) is 16.1 Å². The maximum absolute atomic E-state index is 12.9. The maximum atomic E-state index is 12.9. The summed E-state index contributed by atoms with van der Waals surface area (Å²) in [6.45, 7) is 2.27. The van der Waals surface area contributed by atoms with Crippen molar-refractivity contribution in [1.29, 1.82) is 0 Å². The van der Waals surface area contributed by atoms with Crippen molar-refractivity contribution in [2.75, 3.05) is 26.8 Å². The van der Waals surface area contributed by atoms with E-state index >= 15 is 0 Å². The van der Waals surface area contributed by atoms with E-state index in [1.807, 2.05) is 24.1 Å². The molecule has 1 amide bonds. The smallest absolute Gasteiger partial charge is 0.230 e. The van der Waals surface area contributed by atoms with E-state index in [2.05, 4.69) is 17.5 Å². The molecular weight excluding hydrogens is 296 g/mol. The number of nitrogens with two attached hydrogens (primary N) is 1. The fourth-order valence-electron chi connectivity index (χ4n) is 3.15. The zero-order valence-electron chi connectivity index (χ0n) is 12.9. The Balaban J connectivity index is 1.78. The molecule has 1 aromatic heterocycles. The summed E-state index contributed by atoms with van der Waals surface area (Å²) in [6.07, 6.45) is 1.44. The highest BCUT2D eigenvalue weighted by atomic mass is 32.1. The topological polar surface area (TPSA) is 55.6 Å². The van der Waals surface area contributed by atoms with Gasteiger partial charge in [-0.2, -0.15) is 0 Å². The van der Waals surface area contributed by atoms with Crippen molar-refractivity contribution in [1.82, 2.24) is 4.90 Å². The van der Waals surface area contributed by atoms with Crippen LogP contribution >= 0.6 is 11.3 Å². The van der Waals surface area contributed by atoms with E-state index in [0.29, 0.717) is 26.3 Å². The van der Waals surface area contributed by atoms with Crippen LogP contribution in [0.1, 0.15) is 18.4 Å². The molecule has 1 aliphatic rings. The van der Waals surface area contributed by atoms with E-state index in [1.165, 1.54) is 15.6 Å². The zero-order chi connectivity index (χ0) is 15.6. The largest absolute Gasteiger partial charge is 0.381 e. The third-order valence-electron chi connectivity index (χ3n) is 4.61. The SMILES string of the molecule is CN(Cc1csc2ccccc12)C(=O)C1(CN)CCOCC1. The normalized spacial score (nSPS) is 17.5. The third kappa shape index (κ3) is 2.76. The monoisotopic (exact) mass is 318 g/mol. The number of hydrogen-bond acceptors (Lipinski definition) is 4. The van der Waals surface area contributed by atoms with Crippen LogP contribution in [0.4, 0.5) is 0 Å². The second kappa shape index (κ2) is 6.36. The Morgan fingerprint density at radius 2 is 2.09 bits per heavy atom. The van der Waals surface area contributed by atoms with Gasteiger partial charge in [0.1, 0.15) is 0 Å². The van der Waals surface area contributed by atoms with Gasteiger partial charge in [0.25, 0.3) is 0 Å². The molecule has 2 N–H and O–H groups in total. The van der Waals surface area contributed by atoms with Gasteiger partial charge in [0, 0.05) is 38.1 Å². The molecule has 0 aliphatic carbocycles. The first-order chi connectivity index (χ1) is 10.7. The molecule has 0 bridgehead atoms. The molecule has 4 nitrogen and oxygen atoms in total. The van der Waals surface area contributed by atoms with Crippen molar-refractivity contribution < 1.29 is 9.53 Å². The summed E-state index contributed by atoms with van der Waals surface area (Å²) in [5.74, 6) is 0.147. The Labute approximate surface area is 134 Å². The molecule has 1 saturated heterocycles. The fraction of sp³-hybridized carbons (Fsp3) is 0.471. The lowest BCUT2D eigenvalue weighted by Gasteiger charge is -2.37. The van der Waals surface area contributed by atoms with Crippen LogP contribution in [0.25, 0.3) is 10.1 Å². The van der Waals surface area contributed by atoms with E-state index in [9.17, 15) is 4.79 Å². The number of carbonyl (C=O) groups excluding carboxylic acids is 1. The number of rotatable bonds is 4. The first-order valence-corrected chi connectivity index (χ1v) is 8.53. The number of ether oxygens (including phenoxy) is 1. The summed E-state index contributed by atoms with van der Waals surface area (Å²) < 4.78 is 6.66. The number of nitrogens with zero attached hydrogens (tertiary/aromatic N) is 1. The molecule has 1 fully saturated rings. The highest BCUT2D eigenvalue weighted by Crippen LogP contribution is 2.33. The molecule has 118 valence electrons. The molecule has 1 aliphatic heterocycles. The van der Waals surface area contributed by atoms with Crippen molar-refractivity contribution in [2.24, 2.45) is 11.1 Å². The summed E-state index contributed by atoms with van der Waals surface area (Å²) in [6, 6.07) is 8.32. The van der Waals surface area contributed by atoms with E-state index in [1.54, 1.807) is 11.3 Å². The second-order valence-corrected chi connectivity index (χ2v) is 6.93. The molecular formula is C17H22N2O2S. The third-order valence-corrected chi connectivity index (χ3v) is 5.62. The van der Waals surface area contributed by atoms with Crippen LogP contribution in [0.3, 0.4) is 0 Å². The lowest BCUT2D eigenvalue weighted by Crippen LogP contribution is -2.49. The van der Waals surface area contributed by atoms with Crippen LogP contribution in [-0.4, -0.2) is 37.6 Å². The van der Waals surface area contributed by atoms with Gasteiger partial charge in [-0.25, -0.2) is 0 Å². The standard InChI is InChI=1S/C17H22N2O2S/c1-19(16(20)17(12-18)6-8-21-9-7-17)10-13-11-22-15-5-3-2-4-14(13)15/h2-5,11H,6-10,12,18H2,1H3. The highest BCUT2D eigenvalue weighted by Gasteiger charge is 2.40. The van der Waals surface area contributed by atoms with Gasteiger partial charge in [0.2, 0.25) is 5.91 Å². The molecule has 22 heavy (non-hydrogen) atoms. The summed E-state index contributed by atoms with van der Waals surface area (Å²) in [5.41, 5.74) is 6.70. The van der Waals surface area contributed by atoms with Gasteiger partial charge in [-0.1, -0.05) is 18.2 Å². The predicted molar refractivity (Wildman–Crippen MR) is 89.8 cm³/mol. The van der Waals surface area contributed by atoms with Crippen molar-refractivity contribution >= 4 is 27.3 Å². The van der Waals surface area contributed by atoms with Crippen molar-refractivity contribution in [3.8, 4) is 0 Å². The van der Waals surface area contributed by atoms with E-state index in [4.69, 9.17) is 10.5 Å². The molecule has 0 spiro atoms. The Morgan fingerprint density at radius 1 is 1.36 bits per heavy atom. The second-order valence-electron chi connectivity index (χ2n) is 6.02. The average Bonchev–Trinajstić information content (AvgIpc) is 2.98. The van der Waals surface area contributed by atoms with Gasteiger partial charge in [-0.3, -0.25) is 4.79 Å². The fourth-order valence-corrected chi connectivity index (χ4v) is 4.11. The molecule has 0 radical (unpaired) electrons. The molecule has 0 saturated carbocycles. The molecule has 0 atom stereocenters. The van der Waals surface area contributed by atoms with Crippen LogP contribution in [0.15, 0.2) is 29.6 Å². The van der Waals surface area contributed by atoms with Crippen LogP contribution in [0.5, 0.6) is 0 Å². The quantitative estimate of drug-likeness (QED) is 0.943. The highest BCUT2D eigenvalue weighted by molar-refractivity contribution is 7.17. The molecule has 1 aromatic carbocycles. The van der Waals surface area contributed by atoms with Gasteiger partial charge < -0.3 is 15.4 Å². The Kier molecular flexibility index (Phi) is 4.47. The molecule has 0 unspecified atom stereocenters. The average molecular weight is 318 g/mol. The van der Waals surface area contributed by atoms with Crippen LogP contribution in [0, 0.1) is 5.41 Å². The summed E-state index contributed by atoms with van der Waals surface area (Å²) >= 11 is 1.73. The first kappa shape index (κ1) is 15.5. The molecule has 3 rings (SSSR count). The van der Waals surface area contributed by atoms with Gasteiger partial charge in [-0.15, -0.1) is 11.3 Å². The predicted octanol–water partition coefficient (Wildman–Crippen LogP) is 2.62. The summed E-state index contributed by atoms with van der Waals surface area (Å²) in [7, 11) is 1.88. The number of fused-ring (bicyclic) bond motifs is 1. The lowest BCUT2D eigenvalue weighted by atomic mass is 9.79. The molecule has 2 aromatic rings. The minimum Gasteiger partial charge on any atom is -0.381 e. The lowest BCUT2D eigenvalue weighted by molar-refractivity contribution is -0.146. The van der Waals surface area contributed by atoms with E-state index in [0.717, 1.165) is 12.8 Å². The van der Waals surface area contributed by atoms with Crippen molar-refractivity contribution in [2.45, 2.75) is 19.4 Å². The van der Waals surface area contributed by atoms with Crippen molar-refractivity contribution in [3.63, 3.8) is 0 Å². The molecule has 2 heterocycles. The Hall–Kier alpha value is -1.43. The molecule has 5 heteroatoms. The van der Waals surface area contributed by atoms with E-state index < -0.39 is 5.41 Å². The Morgan fingerprint density at radius 3 is 2.82 bits per heavy atom. The van der Waals surface area contributed by atoms with Gasteiger partial charge in [0.15, 0.2) is 0 Å². The zero-order valence-corrected chi connectivity index (χ0v) is 13.7. The van der Waals surface area contributed by atoms with Crippen LogP contribution in [0.2, 0.25) is 0 Å². The Bertz CT molecular complexity index is 661. The van der Waals surface area contributed by atoms with Gasteiger partial charge in [0.05, 0.1) is 5.41 Å². The summed E-state index contributed by atoms with van der Waals surface area (Å²) in [5, 5.41) is 3.38. The summed E-state index contributed by atoms with van der Waals surface area (Å²) in [4.78, 5) is 14.7. The maximum Gasteiger partial charge on any atom is 0.230 e. The number of amides is 1. The van der Waals surface area contributed by atoms with Crippen LogP contribution < -0.4 is 5.73 Å². The van der Waals surface area contributed by atoms with Gasteiger partial charge in [-0.05, 0) is 35.2 Å². The number of benzene rings is 1. The number of carbonyl (C=O) groups is 1. The van der Waals surface area contributed by atoms with Gasteiger partial charge >= 0.3 is 0 Å². The van der Waals surface area contributed by atoms with Crippen molar-refractivity contribution in [3.05, 3.63) is 35.2 Å². The minimum absolute atomic E-state index is 0.147.